The number of allylic oxidation sites excluding steroid dienone is 2. The summed E-state index contributed by atoms with van der Waals surface area (Å²) in [6, 6.07) is 0. The van der Waals surface area contributed by atoms with Crippen molar-refractivity contribution in [1.82, 2.24) is 0 Å². The average Bonchev–Trinajstić information content (AvgIpc) is 1.67. The largest absolute Gasteiger partial charge is 0.131 e. The summed E-state index contributed by atoms with van der Waals surface area (Å²) >= 11 is 1.92. The Morgan fingerprint density at radius 3 is 1.88 bits per heavy atom. The van der Waals surface area contributed by atoms with E-state index in [0.717, 1.165) is 0 Å². The van der Waals surface area contributed by atoms with Crippen LogP contribution in [0.2, 0.25) is 0 Å². The minimum absolute atomic E-state index is 1.19. The highest BCUT2D eigenvalue weighted by molar-refractivity contribution is 8.03. The summed E-state index contributed by atoms with van der Waals surface area (Å²) in [5, 5.41) is 0. The van der Waals surface area contributed by atoms with Gasteiger partial charge in [0.1, 0.15) is 0 Å². The molecule has 1 heteroatoms. The van der Waals surface area contributed by atoms with Gasteiger partial charge >= 0.3 is 0 Å². The minimum atomic E-state index is 1.19. The van der Waals surface area contributed by atoms with E-state index >= 15 is 0 Å². The van der Waals surface area contributed by atoms with Crippen LogP contribution in [0, 0.1) is 0 Å². The number of hydrogen-bond acceptors (Lipinski definition) is 1. The molecule has 0 saturated carbocycles. The molecule has 8 heavy (non-hydrogen) atoms. The van der Waals surface area contributed by atoms with E-state index in [1.807, 2.05) is 11.8 Å². The Hall–Kier alpha value is 0.0900. The smallest absolute Gasteiger partial charge is 0.00518 e. The molecule has 0 spiro atoms. The fraction of sp³-hybridized carbons (Fsp3) is 0.714. The second kappa shape index (κ2) is 4.02. The fourth-order valence-corrected chi connectivity index (χ4v) is 1.08. The number of hydrogen-bond donors (Lipinski definition) is 0. The van der Waals surface area contributed by atoms with Gasteiger partial charge < -0.3 is 0 Å². The van der Waals surface area contributed by atoms with Gasteiger partial charge in [-0.25, -0.2) is 0 Å². The Labute approximate surface area is 56.4 Å². The second-order valence-electron chi connectivity index (χ2n) is 1.99. The molecule has 0 aromatic carbocycles. The highest BCUT2D eigenvalue weighted by Crippen LogP contribution is 2.17. The van der Waals surface area contributed by atoms with Crippen molar-refractivity contribution in [3.8, 4) is 0 Å². The van der Waals surface area contributed by atoms with Gasteiger partial charge in [-0.2, -0.15) is 0 Å². The average molecular weight is 130 g/mol. The molecule has 0 aliphatic carbocycles. The third-order valence-electron chi connectivity index (χ3n) is 1.06. The standard InChI is InChI=1S/C7H14S/c1-5-8-7(4)6(2)3/h5H2,1-4H3. The van der Waals surface area contributed by atoms with Crippen LogP contribution in [0.1, 0.15) is 27.7 Å². The van der Waals surface area contributed by atoms with Crippen molar-refractivity contribution in [2.75, 3.05) is 5.75 Å². The summed E-state index contributed by atoms with van der Waals surface area (Å²) in [6.07, 6.45) is 0. The summed E-state index contributed by atoms with van der Waals surface area (Å²) in [5.41, 5.74) is 1.44. The molecule has 0 aliphatic heterocycles. The van der Waals surface area contributed by atoms with Crippen LogP contribution in [-0.2, 0) is 0 Å². The first kappa shape index (κ1) is 8.09. The minimum Gasteiger partial charge on any atom is -0.131 e. The zero-order chi connectivity index (χ0) is 6.57. The van der Waals surface area contributed by atoms with Crippen molar-refractivity contribution in [3.05, 3.63) is 10.5 Å². The van der Waals surface area contributed by atoms with Crippen LogP contribution in [0.4, 0.5) is 0 Å². The molecular formula is C7H14S. The predicted octanol–water partition coefficient (Wildman–Crippen LogP) is 3.05. The molecule has 0 N–H and O–H groups in total. The molecule has 0 rings (SSSR count). The molecular weight excluding hydrogens is 116 g/mol. The van der Waals surface area contributed by atoms with Crippen molar-refractivity contribution in [1.29, 1.82) is 0 Å². The lowest BCUT2D eigenvalue weighted by Crippen LogP contribution is -1.73. The van der Waals surface area contributed by atoms with Gasteiger partial charge in [0.25, 0.3) is 0 Å². The maximum Gasteiger partial charge on any atom is -0.00518 e. The Bertz CT molecular complexity index is 88.6. The molecule has 0 aromatic heterocycles. The quantitative estimate of drug-likeness (QED) is 0.553. The molecule has 0 aromatic rings. The van der Waals surface area contributed by atoms with Crippen LogP contribution in [-0.4, -0.2) is 5.75 Å². The van der Waals surface area contributed by atoms with Crippen LogP contribution >= 0.6 is 11.8 Å². The monoisotopic (exact) mass is 130 g/mol. The van der Waals surface area contributed by atoms with Gasteiger partial charge in [0.05, 0.1) is 0 Å². The van der Waals surface area contributed by atoms with E-state index in [-0.39, 0.29) is 0 Å². The first-order valence-electron chi connectivity index (χ1n) is 2.95. The van der Waals surface area contributed by atoms with Crippen LogP contribution in [0.15, 0.2) is 10.5 Å². The molecule has 0 aliphatic rings. The van der Waals surface area contributed by atoms with Crippen LogP contribution < -0.4 is 0 Å². The molecule has 0 atom stereocenters. The molecule has 0 saturated heterocycles. The van der Waals surface area contributed by atoms with Gasteiger partial charge in [0, 0.05) is 0 Å². The first-order valence-corrected chi connectivity index (χ1v) is 3.94. The van der Waals surface area contributed by atoms with Crippen LogP contribution in [0.3, 0.4) is 0 Å². The van der Waals surface area contributed by atoms with Gasteiger partial charge in [0.15, 0.2) is 0 Å². The number of rotatable bonds is 2. The topological polar surface area (TPSA) is 0 Å². The van der Waals surface area contributed by atoms with E-state index in [1.54, 1.807) is 0 Å². The Balaban J connectivity index is 3.62. The van der Waals surface area contributed by atoms with E-state index in [0.29, 0.717) is 0 Å². The van der Waals surface area contributed by atoms with Crippen molar-refractivity contribution >= 4 is 11.8 Å². The molecule has 0 fully saturated rings. The van der Waals surface area contributed by atoms with Crippen LogP contribution in [0.5, 0.6) is 0 Å². The normalized spacial score (nSPS) is 9.00. The Morgan fingerprint density at radius 1 is 1.25 bits per heavy atom. The van der Waals surface area contributed by atoms with E-state index in [2.05, 4.69) is 27.7 Å². The molecule has 0 unspecified atom stereocenters. The van der Waals surface area contributed by atoms with E-state index in [1.165, 1.54) is 16.2 Å². The third kappa shape index (κ3) is 3.14. The summed E-state index contributed by atoms with van der Waals surface area (Å²) in [5.74, 6) is 1.19. The zero-order valence-electron chi connectivity index (χ0n) is 6.12. The van der Waals surface area contributed by atoms with Crippen molar-refractivity contribution < 1.29 is 0 Å². The van der Waals surface area contributed by atoms with E-state index < -0.39 is 0 Å². The number of thioether (sulfide) groups is 1. The molecule has 0 amide bonds. The van der Waals surface area contributed by atoms with E-state index in [9.17, 15) is 0 Å². The highest BCUT2D eigenvalue weighted by Gasteiger charge is 1.87. The molecule has 0 radical (unpaired) electrons. The Kier molecular flexibility index (Phi) is 4.06. The van der Waals surface area contributed by atoms with Crippen molar-refractivity contribution in [2.24, 2.45) is 0 Å². The summed E-state index contributed by atoms with van der Waals surface area (Å²) in [6.45, 7) is 8.65. The molecule has 0 nitrogen and oxygen atoms in total. The zero-order valence-corrected chi connectivity index (χ0v) is 6.93. The molecule has 48 valence electrons. The summed E-state index contributed by atoms with van der Waals surface area (Å²) in [4.78, 5) is 1.47. The predicted molar refractivity (Wildman–Crippen MR) is 42.2 cm³/mol. The SMILES string of the molecule is CCSC(C)=C(C)C. The molecule has 0 heterocycles. The summed E-state index contributed by atoms with van der Waals surface area (Å²) < 4.78 is 0. The summed E-state index contributed by atoms with van der Waals surface area (Å²) in [7, 11) is 0. The van der Waals surface area contributed by atoms with Gasteiger partial charge in [-0.3, -0.25) is 0 Å². The lowest BCUT2D eigenvalue weighted by Gasteiger charge is -1.97. The lowest BCUT2D eigenvalue weighted by atomic mass is 10.3. The third-order valence-corrected chi connectivity index (χ3v) is 2.19. The highest BCUT2D eigenvalue weighted by atomic mass is 32.2. The first-order chi connectivity index (χ1) is 3.68. The van der Waals surface area contributed by atoms with Gasteiger partial charge in [-0.05, 0) is 31.4 Å². The van der Waals surface area contributed by atoms with Crippen LogP contribution in [0.25, 0.3) is 0 Å². The maximum atomic E-state index is 2.18. The van der Waals surface area contributed by atoms with Crippen molar-refractivity contribution in [3.63, 3.8) is 0 Å². The second-order valence-corrected chi connectivity index (χ2v) is 3.47. The van der Waals surface area contributed by atoms with Crippen molar-refractivity contribution in [2.45, 2.75) is 27.7 Å². The van der Waals surface area contributed by atoms with Gasteiger partial charge in [0.2, 0.25) is 0 Å². The lowest BCUT2D eigenvalue weighted by molar-refractivity contribution is 1.34. The van der Waals surface area contributed by atoms with Gasteiger partial charge in [-0.1, -0.05) is 12.5 Å². The Morgan fingerprint density at radius 2 is 1.75 bits per heavy atom. The molecule has 0 bridgehead atoms. The van der Waals surface area contributed by atoms with E-state index in [4.69, 9.17) is 0 Å². The fourth-order valence-electron chi connectivity index (χ4n) is 0.361. The van der Waals surface area contributed by atoms with Gasteiger partial charge in [-0.15, -0.1) is 11.8 Å². The maximum absolute atomic E-state index is 2.18.